The third-order valence-corrected chi connectivity index (χ3v) is 2.71. The Labute approximate surface area is 110 Å². The Kier molecular flexibility index (Phi) is 4.07. The molecule has 0 fully saturated rings. The third kappa shape index (κ3) is 3.28. The van der Waals surface area contributed by atoms with E-state index < -0.39 is 5.97 Å². The maximum atomic E-state index is 11.0. The van der Waals surface area contributed by atoms with Gasteiger partial charge in [0.1, 0.15) is 24.2 Å². The highest BCUT2D eigenvalue weighted by Crippen LogP contribution is 2.16. The number of hydrogen-bond donors (Lipinski definition) is 1. The van der Waals surface area contributed by atoms with E-state index in [1.54, 1.807) is 0 Å². The SMILES string of the molecule is CCc1cccc(OCc2ncncc2C(=O)O)c1. The summed E-state index contributed by atoms with van der Waals surface area (Å²) in [4.78, 5) is 18.6. The predicted octanol–water partition coefficient (Wildman–Crippen LogP) is 2.32. The van der Waals surface area contributed by atoms with E-state index in [9.17, 15) is 4.79 Å². The fraction of sp³-hybridized carbons (Fsp3) is 0.214. The van der Waals surface area contributed by atoms with Gasteiger partial charge in [0.15, 0.2) is 0 Å². The van der Waals surface area contributed by atoms with Crippen molar-refractivity contribution in [1.82, 2.24) is 9.97 Å². The van der Waals surface area contributed by atoms with E-state index in [0.29, 0.717) is 11.4 Å². The minimum absolute atomic E-state index is 0.0640. The fourth-order valence-corrected chi connectivity index (χ4v) is 1.66. The molecule has 1 heterocycles. The number of aromatic carboxylic acids is 1. The quantitative estimate of drug-likeness (QED) is 0.891. The first-order valence-electron chi connectivity index (χ1n) is 5.94. The summed E-state index contributed by atoms with van der Waals surface area (Å²) in [7, 11) is 0. The molecular weight excluding hydrogens is 244 g/mol. The lowest BCUT2D eigenvalue weighted by Crippen LogP contribution is -2.08. The van der Waals surface area contributed by atoms with Crippen LogP contribution in [0.4, 0.5) is 0 Å². The molecule has 2 rings (SSSR count). The van der Waals surface area contributed by atoms with Crippen LogP contribution in [0.5, 0.6) is 5.75 Å². The summed E-state index contributed by atoms with van der Waals surface area (Å²) in [6.07, 6.45) is 3.51. The van der Waals surface area contributed by atoms with Crippen LogP contribution in [0.25, 0.3) is 0 Å². The molecule has 0 saturated carbocycles. The van der Waals surface area contributed by atoms with Gasteiger partial charge in [-0.2, -0.15) is 0 Å². The van der Waals surface area contributed by atoms with Gasteiger partial charge in [0.2, 0.25) is 0 Å². The Hall–Kier alpha value is -2.43. The number of nitrogens with zero attached hydrogens (tertiary/aromatic N) is 2. The second kappa shape index (κ2) is 5.95. The lowest BCUT2D eigenvalue weighted by Gasteiger charge is -2.08. The minimum Gasteiger partial charge on any atom is -0.487 e. The number of carbonyl (C=O) groups is 1. The summed E-state index contributed by atoms with van der Waals surface area (Å²) in [6, 6.07) is 7.69. The second-order valence-corrected chi connectivity index (χ2v) is 3.98. The second-order valence-electron chi connectivity index (χ2n) is 3.98. The number of aryl methyl sites for hydroxylation is 1. The maximum Gasteiger partial charge on any atom is 0.339 e. The zero-order chi connectivity index (χ0) is 13.7. The molecule has 1 N–H and O–H groups in total. The van der Waals surface area contributed by atoms with Gasteiger partial charge in [-0.1, -0.05) is 19.1 Å². The van der Waals surface area contributed by atoms with Crippen LogP contribution < -0.4 is 4.74 Å². The molecule has 98 valence electrons. The molecule has 0 radical (unpaired) electrons. The fourth-order valence-electron chi connectivity index (χ4n) is 1.66. The first-order valence-corrected chi connectivity index (χ1v) is 5.94. The molecule has 0 saturated heterocycles. The summed E-state index contributed by atoms with van der Waals surface area (Å²) in [5, 5.41) is 9.01. The third-order valence-electron chi connectivity index (χ3n) is 2.71. The zero-order valence-corrected chi connectivity index (χ0v) is 10.5. The molecule has 0 aliphatic carbocycles. The normalized spacial score (nSPS) is 10.2. The first-order chi connectivity index (χ1) is 9.20. The monoisotopic (exact) mass is 258 g/mol. The van der Waals surface area contributed by atoms with E-state index in [0.717, 1.165) is 6.42 Å². The van der Waals surface area contributed by atoms with Crippen LogP contribution in [-0.2, 0) is 13.0 Å². The molecule has 19 heavy (non-hydrogen) atoms. The largest absolute Gasteiger partial charge is 0.487 e. The van der Waals surface area contributed by atoms with Crippen molar-refractivity contribution in [3.8, 4) is 5.75 Å². The average molecular weight is 258 g/mol. The van der Waals surface area contributed by atoms with Crippen molar-refractivity contribution in [3.05, 3.63) is 53.6 Å². The first kappa shape index (κ1) is 13.0. The van der Waals surface area contributed by atoms with Crippen molar-refractivity contribution >= 4 is 5.97 Å². The van der Waals surface area contributed by atoms with Crippen molar-refractivity contribution in [2.75, 3.05) is 0 Å². The van der Waals surface area contributed by atoms with Gasteiger partial charge < -0.3 is 9.84 Å². The maximum absolute atomic E-state index is 11.0. The van der Waals surface area contributed by atoms with Gasteiger partial charge in [-0.3, -0.25) is 0 Å². The van der Waals surface area contributed by atoms with Crippen molar-refractivity contribution in [2.24, 2.45) is 0 Å². The van der Waals surface area contributed by atoms with Crippen LogP contribution in [0.15, 0.2) is 36.8 Å². The number of aromatic nitrogens is 2. The molecule has 0 aliphatic heterocycles. The highest BCUT2D eigenvalue weighted by molar-refractivity contribution is 5.88. The summed E-state index contributed by atoms with van der Waals surface area (Å²) >= 11 is 0. The van der Waals surface area contributed by atoms with Crippen molar-refractivity contribution in [1.29, 1.82) is 0 Å². The molecule has 0 unspecified atom stereocenters. The molecule has 0 bridgehead atoms. The average Bonchev–Trinajstić information content (AvgIpc) is 2.45. The Bertz CT molecular complexity index is 584. The smallest absolute Gasteiger partial charge is 0.339 e. The number of ether oxygens (including phenoxy) is 1. The van der Waals surface area contributed by atoms with Crippen LogP contribution in [0, 0.1) is 0 Å². The van der Waals surface area contributed by atoms with E-state index in [1.165, 1.54) is 18.1 Å². The minimum atomic E-state index is -1.05. The molecule has 1 aromatic carbocycles. The van der Waals surface area contributed by atoms with Crippen LogP contribution >= 0.6 is 0 Å². The Balaban J connectivity index is 2.12. The lowest BCUT2D eigenvalue weighted by atomic mass is 10.2. The summed E-state index contributed by atoms with van der Waals surface area (Å²) in [5.74, 6) is -0.351. The summed E-state index contributed by atoms with van der Waals surface area (Å²) < 4.78 is 5.57. The van der Waals surface area contributed by atoms with Gasteiger partial charge in [-0.05, 0) is 24.1 Å². The molecule has 5 nitrogen and oxygen atoms in total. The predicted molar refractivity (Wildman–Crippen MR) is 69.1 cm³/mol. The number of carboxylic acids is 1. The molecule has 0 aliphatic rings. The number of rotatable bonds is 5. The standard InChI is InChI=1S/C14H14N2O3/c1-2-10-4-3-5-11(6-10)19-8-13-12(14(17)18)7-15-9-16-13/h3-7,9H,2,8H2,1H3,(H,17,18). The molecule has 1 aromatic heterocycles. The van der Waals surface area contributed by atoms with Gasteiger partial charge in [-0.15, -0.1) is 0 Å². The molecule has 0 spiro atoms. The van der Waals surface area contributed by atoms with Gasteiger partial charge in [0.25, 0.3) is 0 Å². The summed E-state index contributed by atoms with van der Waals surface area (Å²) in [6.45, 7) is 2.17. The van der Waals surface area contributed by atoms with Crippen LogP contribution in [0.1, 0.15) is 28.5 Å². The summed E-state index contributed by atoms with van der Waals surface area (Å²) in [5.41, 5.74) is 1.59. The van der Waals surface area contributed by atoms with Crippen LogP contribution in [0.2, 0.25) is 0 Å². The Morgan fingerprint density at radius 2 is 2.26 bits per heavy atom. The molecule has 5 heteroatoms. The molecular formula is C14H14N2O3. The van der Waals surface area contributed by atoms with E-state index in [2.05, 4.69) is 16.9 Å². The molecule has 2 aromatic rings. The van der Waals surface area contributed by atoms with Crippen molar-refractivity contribution in [2.45, 2.75) is 20.0 Å². The van der Waals surface area contributed by atoms with Gasteiger partial charge in [0.05, 0.1) is 5.69 Å². The van der Waals surface area contributed by atoms with Crippen LogP contribution in [0.3, 0.4) is 0 Å². The number of carboxylic acid groups (broad SMARTS) is 1. The van der Waals surface area contributed by atoms with Crippen LogP contribution in [-0.4, -0.2) is 21.0 Å². The van der Waals surface area contributed by atoms with E-state index in [-0.39, 0.29) is 12.2 Å². The number of hydrogen-bond acceptors (Lipinski definition) is 4. The highest BCUT2D eigenvalue weighted by Gasteiger charge is 2.11. The van der Waals surface area contributed by atoms with Crippen molar-refractivity contribution < 1.29 is 14.6 Å². The van der Waals surface area contributed by atoms with Gasteiger partial charge in [-0.25, -0.2) is 14.8 Å². The topological polar surface area (TPSA) is 72.3 Å². The number of benzene rings is 1. The van der Waals surface area contributed by atoms with E-state index in [1.807, 2.05) is 24.3 Å². The van der Waals surface area contributed by atoms with Crippen molar-refractivity contribution in [3.63, 3.8) is 0 Å². The Morgan fingerprint density at radius 3 is 3.00 bits per heavy atom. The lowest BCUT2D eigenvalue weighted by molar-refractivity contribution is 0.0692. The highest BCUT2D eigenvalue weighted by atomic mass is 16.5. The molecule has 0 amide bonds. The van der Waals surface area contributed by atoms with E-state index in [4.69, 9.17) is 9.84 Å². The van der Waals surface area contributed by atoms with Gasteiger partial charge in [0, 0.05) is 6.20 Å². The van der Waals surface area contributed by atoms with E-state index >= 15 is 0 Å². The zero-order valence-electron chi connectivity index (χ0n) is 10.5. The molecule has 0 atom stereocenters. The Morgan fingerprint density at radius 1 is 1.42 bits per heavy atom. The van der Waals surface area contributed by atoms with Gasteiger partial charge >= 0.3 is 5.97 Å².